The summed E-state index contributed by atoms with van der Waals surface area (Å²) in [6.07, 6.45) is 1.47. The van der Waals surface area contributed by atoms with Crippen LogP contribution >= 0.6 is 0 Å². The smallest absolute Gasteiger partial charge is 0.320 e. The number of nitrogens with zero attached hydrogens (tertiary/aromatic N) is 2. The molecule has 0 saturated carbocycles. The Morgan fingerprint density at radius 2 is 2.13 bits per heavy atom. The van der Waals surface area contributed by atoms with Crippen LogP contribution in [0.25, 0.3) is 11.3 Å². The highest BCUT2D eigenvalue weighted by atomic mass is 16.6. The number of carboxylic acids is 1. The third-order valence-electron chi connectivity index (χ3n) is 4.04. The zero-order chi connectivity index (χ0) is 16.4. The lowest BCUT2D eigenvalue weighted by atomic mass is 10.1. The normalized spacial score (nSPS) is 18.2. The number of carboxylic acid groups (broad SMARTS) is 1. The third kappa shape index (κ3) is 3.09. The fourth-order valence-electron chi connectivity index (χ4n) is 2.94. The summed E-state index contributed by atoms with van der Waals surface area (Å²) in [6.45, 7) is 1.09. The average Bonchev–Trinajstić information content (AvgIpc) is 3.17. The molecule has 3 rings (SSSR count). The summed E-state index contributed by atoms with van der Waals surface area (Å²) < 4.78 is 5.71. The zero-order valence-electron chi connectivity index (χ0n) is 12.3. The van der Waals surface area contributed by atoms with Gasteiger partial charge in [0.05, 0.1) is 17.0 Å². The summed E-state index contributed by atoms with van der Waals surface area (Å²) in [4.78, 5) is 23.7. The maximum atomic E-state index is 11.2. The molecule has 1 aliphatic heterocycles. The number of furan rings is 1. The van der Waals surface area contributed by atoms with E-state index in [-0.39, 0.29) is 5.69 Å². The van der Waals surface area contributed by atoms with Gasteiger partial charge in [-0.05, 0) is 37.6 Å². The number of hydrogen-bond acceptors (Lipinski definition) is 5. The van der Waals surface area contributed by atoms with Crippen molar-refractivity contribution in [1.29, 1.82) is 0 Å². The summed E-state index contributed by atoms with van der Waals surface area (Å²) in [5.41, 5.74) is 0.401. The number of nitro benzene ring substituents is 1. The second-order valence-corrected chi connectivity index (χ2v) is 5.51. The SMILES string of the molecule is O=C(O)[C@H]1CCCN1Cc1ccc(-c2ccccc2[N+](=O)[O-])o1. The number of rotatable bonds is 5. The molecule has 7 nitrogen and oxygen atoms in total. The van der Waals surface area contributed by atoms with Gasteiger partial charge < -0.3 is 9.52 Å². The highest BCUT2D eigenvalue weighted by Crippen LogP contribution is 2.31. The minimum absolute atomic E-state index is 0.0158. The summed E-state index contributed by atoms with van der Waals surface area (Å²) in [6, 6.07) is 9.31. The van der Waals surface area contributed by atoms with E-state index in [4.69, 9.17) is 4.42 Å². The average molecular weight is 316 g/mol. The van der Waals surface area contributed by atoms with E-state index in [2.05, 4.69) is 0 Å². The van der Waals surface area contributed by atoms with E-state index in [1.54, 1.807) is 30.3 Å². The Kier molecular flexibility index (Phi) is 4.12. The Balaban J connectivity index is 1.82. The zero-order valence-corrected chi connectivity index (χ0v) is 12.3. The van der Waals surface area contributed by atoms with Crippen LogP contribution in [0.1, 0.15) is 18.6 Å². The Morgan fingerprint density at radius 3 is 2.87 bits per heavy atom. The minimum atomic E-state index is -0.826. The quantitative estimate of drug-likeness (QED) is 0.673. The number of likely N-dealkylation sites (tertiary alicyclic amines) is 1. The lowest BCUT2D eigenvalue weighted by molar-refractivity contribution is -0.384. The molecule has 0 amide bonds. The van der Waals surface area contributed by atoms with Gasteiger partial charge in [-0.25, -0.2) is 0 Å². The summed E-state index contributed by atoms with van der Waals surface area (Å²) in [7, 11) is 0. The largest absolute Gasteiger partial charge is 0.480 e. The first-order valence-electron chi connectivity index (χ1n) is 7.35. The Labute approximate surface area is 132 Å². The molecule has 0 unspecified atom stereocenters. The van der Waals surface area contributed by atoms with Crippen LogP contribution in [0.5, 0.6) is 0 Å². The Hall–Kier alpha value is -2.67. The lowest BCUT2D eigenvalue weighted by Crippen LogP contribution is -2.35. The Bertz CT molecular complexity index is 740. The van der Waals surface area contributed by atoms with Crippen molar-refractivity contribution in [2.24, 2.45) is 0 Å². The molecule has 0 bridgehead atoms. The molecule has 1 aromatic carbocycles. The molecule has 1 aromatic heterocycles. The number of para-hydroxylation sites is 1. The van der Waals surface area contributed by atoms with Crippen LogP contribution in [0, 0.1) is 10.1 Å². The van der Waals surface area contributed by atoms with Gasteiger partial charge in [0.1, 0.15) is 17.6 Å². The minimum Gasteiger partial charge on any atom is -0.480 e. The standard InChI is InChI=1S/C16H16N2O5/c19-16(20)14-6-3-9-17(14)10-11-7-8-15(23-11)12-4-1-2-5-13(12)18(21)22/h1-2,4-5,7-8,14H,3,6,9-10H2,(H,19,20)/t14-/m1/s1. The molecule has 1 N–H and O–H groups in total. The molecule has 1 aliphatic rings. The summed E-state index contributed by atoms with van der Waals surface area (Å²) in [5, 5.41) is 20.3. The first-order chi connectivity index (χ1) is 11.1. The first kappa shape index (κ1) is 15.2. The molecule has 1 saturated heterocycles. The monoisotopic (exact) mass is 316 g/mol. The predicted octanol–water partition coefficient (Wildman–Crippen LogP) is 2.90. The van der Waals surface area contributed by atoms with Crippen molar-refractivity contribution in [1.82, 2.24) is 4.90 Å². The van der Waals surface area contributed by atoms with Crippen LogP contribution < -0.4 is 0 Å². The van der Waals surface area contributed by atoms with Crippen LogP contribution in [0.4, 0.5) is 5.69 Å². The van der Waals surface area contributed by atoms with Crippen molar-refractivity contribution in [3.05, 3.63) is 52.3 Å². The molecule has 2 aromatic rings. The van der Waals surface area contributed by atoms with Crippen molar-refractivity contribution in [2.45, 2.75) is 25.4 Å². The molecule has 120 valence electrons. The van der Waals surface area contributed by atoms with Crippen LogP contribution in [0.3, 0.4) is 0 Å². The van der Waals surface area contributed by atoms with Crippen molar-refractivity contribution in [3.63, 3.8) is 0 Å². The maximum Gasteiger partial charge on any atom is 0.320 e. The van der Waals surface area contributed by atoms with Gasteiger partial charge in [0, 0.05) is 6.07 Å². The van der Waals surface area contributed by atoms with Crippen LogP contribution in [-0.4, -0.2) is 33.5 Å². The molecule has 0 aliphatic carbocycles. The van der Waals surface area contributed by atoms with E-state index in [0.29, 0.717) is 36.6 Å². The summed E-state index contributed by atoms with van der Waals surface area (Å²) in [5.74, 6) is 0.192. The van der Waals surface area contributed by atoms with Crippen LogP contribution in [0.15, 0.2) is 40.8 Å². The van der Waals surface area contributed by atoms with E-state index in [1.165, 1.54) is 6.07 Å². The number of benzene rings is 1. The van der Waals surface area contributed by atoms with E-state index in [1.807, 2.05) is 4.90 Å². The molecule has 2 heterocycles. The van der Waals surface area contributed by atoms with E-state index >= 15 is 0 Å². The van der Waals surface area contributed by atoms with Crippen LogP contribution in [-0.2, 0) is 11.3 Å². The van der Waals surface area contributed by atoms with Gasteiger partial charge in [-0.3, -0.25) is 19.8 Å². The number of aliphatic carboxylic acids is 1. The second-order valence-electron chi connectivity index (χ2n) is 5.51. The number of nitro groups is 1. The highest BCUT2D eigenvalue weighted by molar-refractivity contribution is 5.73. The number of carbonyl (C=O) groups is 1. The fraction of sp³-hybridized carbons (Fsp3) is 0.312. The van der Waals surface area contributed by atoms with E-state index in [0.717, 1.165) is 6.42 Å². The van der Waals surface area contributed by atoms with Gasteiger partial charge in [-0.15, -0.1) is 0 Å². The molecule has 1 atom stereocenters. The molecule has 0 radical (unpaired) electrons. The summed E-state index contributed by atoms with van der Waals surface area (Å²) >= 11 is 0. The van der Waals surface area contributed by atoms with Crippen molar-refractivity contribution in [2.75, 3.05) is 6.54 Å². The predicted molar refractivity (Wildman–Crippen MR) is 81.9 cm³/mol. The van der Waals surface area contributed by atoms with E-state index in [9.17, 15) is 20.0 Å². The topological polar surface area (TPSA) is 96.8 Å². The van der Waals surface area contributed by atoms with Crippen molar-refractivity contribution >= 4 is 11.7 Å². The molecule has 0 spiro atoms. The van der Waals surface area contributed by atoms with Gasteiger partial charge >= 0.3 is 5.97 Å². The van der Waals surface area contributed by atoms with Gasteiger partial charge in [0.15, 0.2) is 0 Å². The Morgan fingerprint density at radius 1 is 1.35 bits per heavy atom. The highest BCUT2D eigenvalue weighted by Gasteiger charge is 2.31. The van der Waals surface area contributed by atoms with Gasteiger partial charge in [0.25, 0.3) is 5.69 Å². The fourth-order valence-corrected chi connectivity index (χ4v) is 2.94. The van der Waals surface area contributed by atoms with Gasteiger partial charge in [0.2, 0.25) is 0 Å². The number of hydrogen-bond donors (Lipinski definition) is 1. The first-order valence-corrected chi connectivity index (χ1v) is 7.35. The molecular formula is C16H16N2O5. The van der Waals surface area contributed by atoms with Crippen molar-refractivity contribution in [3.8, 4) is 11.3 Å². The third-order valence-corrected chi connectivity index (χ3v) is 4.04. The van der Waals surface area contributed by atoms with Crippen molar-refractivity contribution < 1.29 is 19.2 Å². The maximum absolute atomic E-state index is 11.2. The van der Waals surface area contributed by atoms with E-state index < -0.39 is 16.9 Å². The molecule has 7 heteroatoms. The molecule has 1 fully saturated rings. The van der Waals surface area contributed by atoms with Gasteiger partial charge in [-0.2, -0.15) is 0 Å². The second kappa shape index (κ2) is 6.21. The lowest BCUT2D eigenvalue weighted by Gasteiger charge is -2.19. The molecule has 23 heavy (non-hydrogen) atoms. The van der Waals surface area contributed by atoms with Crippen LogP contribution in [0.2, 0.25) is 0 Å². The van der Waals surface area contributed by atoms with Gasteiger partial charge in [-0.1, -0.05) is 12.1 Å². The molecular weight excluding hydrogens is 300 g/mol.